The van der Waals surface area contributed by atoms with E-state index in [4.69, 9.17) is 9.63 Å². The zero-order valence-corrected chi connectivity index (χ0v) is 13.5. The van der Waals surface area contributed by atoms with Gasteiger partial charge in [-0.1, -0.05) is 25.9 Å². The molecule has 21 heavy (non-hydrogen) atoms. The second kappa shape index (κ2) is 7.99. The number of hydrogen-bond donors (Lipinski definition) is 2. The van der Waals surface area contributed by atoms with Gasteiger partial charge in [-0.25, -0.2) is 0 Å². The molecule has 0 fully saturated rings. The van der Waals surface area contributed by atoms with Gasteiger partial charge in [0.2, 0.25) is 11.8 Å². The lowest BCUT2D eigenvalue weighted by Crippen LogP contribution is -2.31. The van der Waals surface area contributed by atoms with E-state index in [-0.39, 0.29) is 36.7 Å². The van der Waals surface area contributed by atoms with Gasteiger partial charge in [0.1, 0.15) is 0 Å². The van der Waals surface area contributed by atoms with Crippen molar-refractivity contribution in [3.05, 3.63) is 11.8 Å². The number of likely N-dealkylation sites (N-methyl/N-ethyl adjacent to an activating group) is 1. The number of nitrogens with zero attached hydrogens (tertiary/aromatic N) is 2. The molecule has 0 bridgehead atoms. The molecule has 0 aromatic carbocycles. The Labute approximate surface area is 130 Å². The Morgan fingerprint density at radius 1 is 1.43 bits per heavy atom. The normalized spacial score (nSPS) is 11.1. The molecule has 7 nitrogen and oxygen atoms in total. The molecule has 8 heteroatoms. The molecular weight excluding hydrogens is 298 g/mol. The fourth-order valence-corrected chi connectivity index (χ4v) is 1.48. The predicted molar refractivity (Wildman–Crippen MR) is 80.8 cm³/mol. The minimum absolute atomic E-state index is 0. The number of carbonyl (C=O) groups is 2. The summed E-state index contributed by atoms with van der Waals surface area (Å²) in [7, 11) is 1.68. The number of carboxylic acid groups (broad SMARTS) is 1. The molecule has 1 rings (SSSR count). The van der Waals surface area contributed by atoms with E-state index in [1.807, 2.05) is 20.8 Å². The first kappa shape index (κ1) is 19.4. The Kier molecular flexibility index (Phi) is 7.38. The minimum atomic E-state index is -0.887. The number of rotatable bonds is 6. The van der Waals surface area contributed by atoms with Crippen molar-refractivity contribution in [2.24, 2.45) is 0 Å². The van der Waals surface area contributed by atoms with Crippen molar-refractivity contribution in [3.63, 3.8) is 0 Å². The second-order valence-electron chi connectivity index (χ2n) is 5.76. The highest BCUT2D eigenvalue weighted by Crippen LogP contribution is 2.23. The Morgan fingerprint density at radius 3 is 2.52 bits per heavy atom. The molecule has 1 heterocycles. The zero-order valence-electron chi connectivity index (χ0n) is 12.7. The summed E-state index contributed by atoms with van der Waals surface area (Å²) in [6.45, 7) is 6.40. The highest BCUT2D eigenvalue weighted by Gasteiger charge is 2.19. The summed E-state index contributed by atoms with van der Waals surface area (Å²) < 4.78 is 5.05. The van der Waals surface area contributed by atoms with Crippen molar-refractivity contribution in [2.75, 3.05) is 25.5 Å². The van der Waals surface area contributed by atoms with E-state index in [0.717, 1.165) is 5.69 Å². The van der Waals surface area contributed by atoms with Crippen molar-refractivity contribution < 1.29 is 19.2 Å². The molecule has 0 saturated heterocycles. The molecule has 0 saturated carbocycles. The summed E-state index contributed by atoms with van der Waals surface area (Å²) in [6.07, 6.45) is 0.000258. The smallest absolute Gasteiger partial charge is 0.304 e. The molecule has 0 aliphatic rings. The average Bonchev–Trinajstić information content (AvgIpc) is 2.74. The summed E-state index contributed by atoms with van der Waals surface area (Å²) in [5.74, 6) is -0.858. The largest absolute Gasteiger partial charge is 0.481 e. The summed E-state index contributed by atoms with van der Waals surface area (Å²) >= 11 is 0. The maximum absolute atomic E-state index is 11.7. The third-order valence-electron chi connectivity index (χ3n) is 2.66. The van der Waals surface area contributed by atoms with Crippen molar-refractivity contribution in [1.29, 1.82) is 0 Å². The fourth-order valence-electron chi connectivity index (χ4n) is 1.48. The van der Waals surface area contributed by atoms with Gasteiger partial charge in [0.05, 0.1) is 18.7 Å². The minimum Gasteiger partial charge on any atom is -0.481 e. The van der Waals surface area contributed by atoms with E-state index in [0.29, 0.717) is 12.4 Å². The van der Waals surface area contributed by atoms with Gasteiger partial charge in [-0.2, -0.15) is 0 Å². The number of amides is 1. The molecule has 2 N–H and O–H groups in total. The van der Waals surface area contributed by atoms with Crippen LogP contribution < -0.4 is 5.32 Å². The number of carbonyl (C=O) groups excluding carboxylic acids is 1. The highest BCUT2D eigenvalue weighted by atomic mass is 35.5. The molecule has 0 radical (unpaired) electrons. The number of carboxylic acids is 1. The van der Waals surface area contributed by atoms with Crippen molar-refractivity contribution >= 4 is 30.2 Å². The lowest BCUT2D eigenvalue weighted by molar-refractivity contribution is -0.137. The Bertz CT molecular complexity index is 482. The molecule has 0 atom stereocenters. The first-order chi connectivity index (χ1) is 9.18. The van der Waals surface area contributed by atoms with Gasteiger partial charge in [-0.3, -0.25) is 19.8 Å². The van der Waals surface area contributed by atoms with E-state index in [1.54, 1.807) is 18.0 Å². The molecular formula is C13H22ClN3O4. The van der Waals surface area contributed by atoms with Crippen LogP contribution in [-0.2, 0) is 15.0 Å². The molecule has 0 unspecified atom stereocenters. The maximum atomic E-state index is 11.7. The zero-order chi connectivity index (χ0) is 15.3. The SMILES string of the molecule is CN(CCC(=O)O)CC(=O)Nc1cc(C(C)(C)C)no1.Cl. The van der Waals surface area contributed by atoms with Crippen LogP contribution in [0.5, 0.6) is 0 Å². The van der Waals surface area contributed by atoms with Gasteiger partial charge in [0.15, 0.2) is 0 Å². The van der Waals surface area contributed by atoms with Crippen LogP contribution in [0.2, 0.25) is 0 Å². The summed E-state index contributed by atoms with van der Waals surface area (Å²) in [4.78, 5) is 23.8. The Balaban J connectivity index is 0.00000400. The van der Waals surface area contributed by atoms with Crippen LogP contribution in [0.4, 0.5) is 5.88 Å². The summed E-state index contributed by atoms with van der Waals surface area (Å²) in [6, 6.07) is 1.69. The topological polar surface area (TPSA) is 95.7 Å². The van der Waals surface area contributed by atoms with Crippen LogP contribution in [0.25, 0.3) is 0 Å². The predicted octanol–water partition coefficient (Wildman–Crippen LogP) is 1.74. The van der Waals surface area contributed by atoms with Crippen LogP contribution in [0.3, 0.4) is 0 Å². The Morgan fingerprint density at radius 2 is 2.05 bits per heavy atom. The van der Waals surface area contributed by atoms with Gasteiger partial charge < -0.3 is 9.63 Å². The first-order valence-corrected chi connectivity index (χ1v) is 6.36. The second-order valence-corrected chi connectivity index (χ2v) is 5.76. The monoisotopic (exact) mass is 319 g/mol. The van der Waals surface area contributed by atoms with Crippen LogP contribution in [0.1, 0.15) is 32.9 Å². The van der Waals surface area contributed by atoms with Crippen molar-refractivity contribution in [3.8, 4) is 0 Å². The van der Waals surface area contributed by atoms with Gasteiger partial charge in [0, 0.05) is 18.0 Å². The quantitative estimate of drug-likeness (QED) is 0.829. The Hall–Kier alpha value is -1.60. The third-order valence-corrected chi connectivity index (χ3v) is 2.66. The van der Waals surface area contributed by atoms with E-state index in [2.05, 4.69) is 10.5 Å². The lowest BCUT2D eigenvalue weighted by Gasteiger charge is -2.14. The molecule has 1 aromatic rings. The van der Waals surface area contributed by atoms with Crippen molar-refractivity contribution in [2.45, 2.75) is 32.6 Å². The van der Waals surface area contributed by atoms with E-state index >= 15 is 0 Å². The highest BCUT2D eigenvalue weighted by molar-refractivity contribution is 5.91. The van der Waals surface area contributed by atoms with E-state index in [9.17, 15) is 9.59 Å². The number of halogens is 1. The third kappa shape index (κ3) is 7.10. The van der Waals surface area contributed by atoms with Crippen LogP contribution >= 0.6 is 12.4 Å². The van der Waals surface area contributed by atoms with Crippen molar-refractivity contribution in [1.82, 2.24) is 10.1 Å². The van der Waals surface area contributed by atoms with E-state index < -0.39 is 5.97 Å². The molecule has 0 spiro atoms. The summed E-state index contributed by atoms with van der Waals surface area (Å²) in [5.41, 5.74) is 0.608. The molecule has 120 valence electrons. The molecule has 0 aliphatic heterocycles. The number of aromatic nitrogens is 1. The maximum Gasteiger partial charge on any atom is 0.304 e. The number of aliphatic carboxylic acids is 1. The van der Waals surface area contributed by atoms with Crippen LogP contribution in [0, 0.1) is 0 Å². The van der Waals surface area contributed by atoms with Gasteiger partial charge in [0.25, 0.3) is 0 Å². The number of anilines is 1. The molecule has 0 aliphatic carbocycles. The van der Waals surface area contributed by atoms with Crippen LogP contribution in [0.15, 0.2) is 10.6 Å². The standard InChI is InChI=1S/C13H21N3O4.ClH/c1-13(2,3)9-7-11(20-15-9)14-10(17)8-16(4)6-5-12(18)19;/h7H,5-6,8H2,1-4H3,(H,14,17)(H,18,19);1H. The lowest BCUT2D eigenvalue weighted by atomic mass is 9.92. The molecule has 1 aromatic heterocycles. The van der Waals surface area contributed by atoms with Gasteiger partial charge in [-0.05, 0) is 7.05 Å². The fraction of sp³-hybridized carbons (Fsp3) is 0.615. The van der Waals surface area contributed by atoms with E-state index in [1.165, 1.54) is 0 Å². The van der Waals surface area contributed by atoms with Crippen LogP contribution in [-0.4, -0.2) is 47.2 Å². The van der Waals surface area contributed by atoms with Gasteiger partial charge >= 0.3 is 5.97 Å². The number of nitrogens with one attached hydrogen (secondary N) is 1. The summed E-state index contributed by atoms with van der Waals surface area (Å²) in [5, 5.41) is 15.1. The number of hydrogen-bond acceptors (Lipinski definition) is 5. The van der Waals surface area contributed by atoms with Gasteiger partial charge in [-0.15, -0.1) is 12.4 Å². The first-order valence-electron chi connectivity index (χ1n) is 6.36. The average molecular weight is 320 g/mol. The molecule has 1 amide bonds.